The number of halogens is 3. The molecule has 1 aliphatic carbocycles. The monoisotopic (exact) mass is 354 g/mol. The third-order valence-corrected chi connectivity index (χ3v) is 5.26. The third kappa shape index (κ3) is 2.62. The number of nitrogens with zero attached hydrogens (tertiary/aromatic N) is 1. The summed E-state index contributed by atoms with van der Waals surface area (Å²) >= 11 is 0. The van der Waals surface area contributed by atoms with Crippen molar-refractivity contribution in [3.05, 3.63) is 35.7 Å². The van der Waals surface area contributed by atoms with Gasteiger partial charge >= 0.3 is 12.2 Å². The number of nitrogens with one attached hydrogen (secondary N) is 3. The van der Waals surface area contributed by atoms with Gasteiger partial charge in [-0.1, -0.05) is 18.2 Å². The molecular weight excluding hydrogens is 337 g/mol. The van der Waals surface area contributed by atoms with E-state index in [4.69, 9.17) is 4.74 Å². The molecule has 2 atom stereocenters. The van der Waals surface area contributed by atoms with Crippen molar-refractivity contribution in [2.45, 2.75) is 24.7 Å². The fourth-order valence-electron chi connectivity index (χ4n) is 3.75. The maximum Gasteiger partial charge on any atom is 0.416 e. The first kappa shape index (κ1) is 16.2. The van der Waals surface area contributed by atoms with E-state index < -0.39 is 22.8 Å². The van der Waals surface area contributed by atoms with Crippen molar-refractivity contribution >= 4 is 12.4 Å². The summed E-state index contributed by atoms with van der Waals surface area (Å²) in [7, 11) is 0. The van der Waals surface area contributed by atoms with Gasteiger partial charge in [-0.2, -0.15) is 13.2 Å². The van der Waals surface area contributed by atoms with Crippen LogP contribution in [0.4, 0.5) is 18.0 Å². The van der Waals surface area contributed by atoms with Crippen molar-refractivity contribution in [1.29, 1.82) is 0 Å². The highest BCUT2D eigenvalue weighted by Gasteiger charge is 2.53. The van der Waals surface area contributed by atoms with E-state index in [-0.39, 0.29) is 18.4 Å². The van der Waals surface area contributed by atoms with Gasteiger partial charge in [-0.25, -0.2) is 9.79 Å². The van der Waals surface area contributed by atoms with Crippen LogP contribution in [0.2, 0.25) is 0 Å². The van der Waals surface area contributed by atoms with Crippen LogP contribution in [0, 0.1) is 11.3 Å². The molecule has 0 aromatic heterocycles. The number of amides is 2. The molecule has 0 aromatic rings. The zero-order valence-electron chi connectivity index (χ0n) is 13.2. The smallest absolute Gasteiger partial charge is 0.381 e. The molecule has 25 heavy (non-hydrogen) atoms. The Morgan fingerprint density at radius 2 is 2.16 bits per heavy atom. The Kier molecular flexibility index (Phi) is 3.47. The molecule has 0 bridgehead atoms. The predicted molar refractivity (Wildman–Crippen MR) is 83.4 cm³/mol. The van der Waals surface area contributed by atoms with Gasteiger partial charge in [-0.15, -0.1) is 0 Å². The highest BCUT2D eigenvalue weighted by Crippen LogP contribution is 2.50. The molecule has 0 spiro atoms. The van der Waals surface area contributed by atoms with Gasteiger partial charge in [-0.3, -0.25) is 0 Å². The van der Waals surface area contributed by atoms with Crippen molar-refractivity contribution in [3.63, 3.8) is 0 Å². The van der Waals surface area contributed by atoms with Crippen molar-refractivity contribution in [2.75, 3.05) is 13.2 Å². The van der Waals surface area contributed by atoms with Crippen LogP contribution >= 0.6 is 0 Å². The summed E-state index contributed by atoms with van der Waals surface area (Å²) in [6, 6.07) is -0.376. The highest BCUT2D eigenvalue weighted by atomic mass is 19.4. The summed E-state index contributed by atoms with van der Waals surface area (Å²) in [6.45, 7) is 0.968. The van der Waals surface area contributed by atoms with Crippen LogP contribution in [-0.2, 0) is 4.74 Å². The summed E-state index contributed by atoms with van der Waals surface area (Å²) in [6.07, 6.45) is 3.32. The van der Waals surface area contributed by atoms with E-state index in [2.05, 4.69) is 20.9 Å². The summed E-state index contributed by atoms with van der Waals surface area (Å²) in [4.78, 5) is 16.2. The zero-order chi connectivity index (χ0) is 17.7. The van der Waals surface area contributed by atoms with E-state index >= 15 is 0 Å². The highest BCUT2D eigenvalue weighted by molar-refractivity contribution is 5.83. The first-order valence-corrected chi connectivity index (χ1v) is 7.97. The number of allylic oxidation sites excluding steroid dienone is 4. The number of carbonyl (C=O) groups is 1. The minimum Gasteiger partial charge on any atom is -0.381 e. The average Bonchev–Trinajstić information content (AvgIpc) is 2.80. The topological polar surface area (TPSA) is 74.8 Å². The molecule has 3 heterocycles. The van der Waals surface area contributed by atoms with Crippen molar-refractivity contribution in [1.82, 2.24) is 16.0 Å². The number of fused-ring (bicyclic) bond motifs is 1. The molecule has 6 nitrogen and oxygen atoms in total. The second-order valence-corrected chi connectivity index (χ2v) is 6.76. The first-order valence-electron chi connectivity index (χ1n) is 7.97. The molecule has 0 radical (unpaired) electrons. The van der Waals surface area contributed by atoms with Crippen LogP contribution in [0.15, 0.2) is 40.7 Å². The van der Waals surface area contributed by atoms with Crippen molar-refractivity contribution in [3.8, 4) is 0 Å². The van der Waals surface area contributed by atoms with Crippen LogP contribution in [-0.4, -0.2) is 37.4 Å². The number of hydrogen-bond acceptors (Lipinski definition) is 4. The molecule has 0 saturated carbocycles. The van der Waals surface area contributed by atoms with Gasteiger partial charge in [0.2, 0.25) is 0 Å². The summed E-state index contributed by atoms with van der Waals surface area (Å²) in [5, 5.41) is 8.33. The summed E-state index contributed by atoms with van der Waals surface area (Å²) < 4.78 is 44.2. The van der Waals surface area contributed by atoms with Crippen molar-refractivity contribution in [2.24, 2.45) is 16.3 Å². The molecule has 2 fully saturated rings. The molecule has 2 amide bonds. The number of carbonyl (C=O) groups excluding carboxylic acids is 1. The third-order valence-electron chi connectivity index (χ3n) is 5.26. The number of hydrogen-bond donors (Lipinski definition) is 3. The second-order valence-electron chi connectivity index (χ2n) is 6.76. The zero-order valence-corrected chi connectivity index (χ0v) is 13.2. The average molecular weight is 354 g/mol. The number of rotatable bonds is 3. The number of aliphatic imine (C=N–C) groups is 1. The molecular formula is C16H17F3N4O2. The quantitative estimate of drug-likeness (QED) is 0.725. The summed E-state index contributed by atoms with van der Waals surface area (Å²) in [5.41, 5.74) is -1.64. The Labute approximate surface area is 141 Å². The van der Waals surface area contributed by atoms with Gasteiger partial charge in [0.15, 0.2) is 5.66 Å². The SMILES string of the molecule is O=C1NC2=CNC=NC2(CC2(C3COC3)C=CC(C(F)(F)F)=CC2)N1. The standard InChI is InChI=1S/C16H17F3N4O2/c17-16(18,19)10-1-3-14(4-2-10,11-6-25-7-11)8-15-12(5-20-9-21-15)22-13(24)23-15/h1-3,5,9,11H,4,6-8H2,(H,20,21)(H2,22,23,24). The Morgan fingerprint density at radius 1 is 1.36 bits per heavy atom. The van der Waals surface area contributed by atoms with Gasteiger partial charge in [0.05, 0.1) is 30.8 Å². The van der Waals surface area contributed by atoms with Crippen LogP contribution in [0.3, 0.4) is 0 Å². The van der Waals surface area contributed by atoms with Gasteiger partial charge in [0, 0.05) is 24.0 Å². The molecule has 0 aromatic carbocycles. The van der Waals surface area contributed by atoms with E-state index in [9.17, 15) is 18.0 Å². The second kappa shape index (κ2) is 5.35. The van der Waals surface area contributed by atoms with E-state index in [0.29, 0.717) is 25.3 Å². The van der Waals surface area contributed by atoms with Gasteiger partial charge in [0.25, 0.3) is 0 Å². The van der Waals surface area contributed by atoms with E-state index in [1.54, 1.807) is 12.3 Å². The lowest BCUT2D eigenvalue weighted by Gasteiger charge is -2.47. The fourth-order valence-corrected chi connectivity index (χ4v) is 3.75. The van der Waals surface area contributed by atoms with Gasteiger partial charge in [-0.05, 0) is 6.42 Å². The van der Waals surface area contributed by atoms with Crippen LogP contribution in [0.25, 0.3) is 0 Å². The molecule has 3 N–H and O–H groups in total. The Morgan fingerprint density at radius 3 is 2.76 bits per heavy atom. The van der Waals surface area contributed by atoms with Crippen LogP contribution in [0.1, 0.15) is 12.8 Å². The van der Waals surface area contributed by atoms with Crippen LogP contribution < -0.4 is 16.0 Å². The lowest BCUT2D eigenvalue weighted by molar-refractivity contribution is -0.0970. The Balaban J connectivity index is 1.66. The predicted octanol–water partition coefficient (Wildman–Crippen LogP) is 1.94. The van der Waals surface area contributed by atoms with E-state index in [0.717, 1.165) is 6.08 Å². The van der Waals surface area contributed by atoms with E-state index in [1.165, 1.54) is 12.4 Å². The molecule has 3 aliphatic heterocycles. The lowest BCUT2D eigenvalue weighted by atomic mass is 9.64. The first-order chi connectivity index (χ1) is 11.8. The molecule has 134 valence electrons. The summed E-state index contributed by atoms with van der Waals surface area (Å²) in [5.74, 6) is 0.0768. The molecule has 2 unspecified atom stereocenters. The van der Waals surface area contributed by atoms with E-state index in [1.807, 2.05) is 0 Å². The van der Waals surface area contributed by atoms with Gasteiger partial charge in [0.1, 0.15) is 0 Å². The molecule has 4 rings (SSSR count). The Hall–Kier alpha value is -2.29. The van der Waals surface area contributed by atoms with Crippen LogP contribution in [0.5, 0.6) is 0 Å². The molecule has 4 aliphatic rings. The number of alkyl halides is 3. The Bertz CT molecular complexity index is 723. The maximum atomic E-state index is 13.0. The fraction of sp³-hybridized carbons (Fsp3) is 0.500. The normalized spacial score (nSPS) is 34.3. The van der Waals surface area contributed by atoms with Crippen molar-refractivity contribution < 1.29 is 22.7 Å². The molecule has 9 heteroatoms. The minimum absolute atomic E-state index is 0.0768. The maximum absolute atomic E-state index is 13.0. The van der Waals surface area contributed by atoms with Gasteiger partial charge < -0.3 is 20.7 Å². The largest absolute Gasteiger partial charge is 0.416 e. The molecule has 2 saturated heterocycles. The lowest BCUT2D eigenvalue weighted by Crippen LogP contribution is -2.52. The minimum atomic E-state index is -4.36. The number of urea groups is 1. The number of ether oxygens (including phenoxy) is 1.